The Balaban J connectivity index is 1.77. The van der Waals surface area contributed by atoms with Crippen LogP contribution in [0.5, 0.6) is 0 Å². The molecule has 2 fully saturated rings. The highest BCUT2D eigenvalue weighted by atomic mass is 32.2. The summed E-state index contributed by atoms with van der Waals surface area (Å²) in [6.07, 6.45) is 8.69. The molecule has 1 N–H and O–H groups in total. The molecule has 0 spiro atoms. The van der Waals surface area contributed by atoms with Crippen molar-refractivity contribution in [2.75, 3.05) is 0 Å². The maximum atomic E-state index is 12.6. The van der Waals surface area contributed by atoms with E-state index >= 15 is 0 Å². The number of hydrogen-bond acceptors (Lipinski definition) is 3. The number of hydrogen-bond donors (Lipinski definition) is 1. The van der Waals surface area contributed by atoms with Gasteiger partial charge < -0.3 is 5.11 Å². The van der Waals surface area contributed by atoms with Gasteiger partial charge in [0.25, 0.3) is 0 Å². The van der Waals surface area contributed by atoms with E-state index < -0.39 is 21.7 Å². The lowest BCUT2D eigenvalue weighted by molar-refractivity contribution is -0.139. The molecule has 1 aromatic rings. The van der Waals surface area contributed by atoms with Gasteiger partial charge in [0.2, 0.25) is 0 Å². The van der Waals surface area contributed by atoms with E-state index in [-0.39, 0.29) is 5.25 Å². The van der Waals surface area contributed by atoms with Crippen LogP contribution in [0.3, 0.4) is 0 Å². The van der Waals surface area contributed by atoms with Gasteiger partial charge in [-0.3, -0.25) is 4.79 Å². The molecule has 4 nitrogen and oxygen atoms in total. The van der Waals surface area contributed by atoms with Crippen molar-refractivity contribution in [2.24, 2.45) is 5.92 Å². The van der Waals surface area contributed by atoms with Crippen molar-refractivity contribution in [1.82, 2.24) is 0 Å². The van der Waals surface area contributed by atoms with Gasteiger partial charge in [-0.1, -0.05) is 50.7 Å². The minimum atomic E-state index is -3.27. The number of carboxylic acid groups (broad SMARTS) is 1. The monoisotopic (exact) mass is 350 g/mol. The van der Waals surface area contributed by atoms with Crippen LogP contribution >= 0.6 is 0 Å². The number of sulfone groups is 1. The predicted molar refractivity (Wildman–Crippen MR) is 92.8 cm³/mol. The summed E-state index contributed by atoms with van der Waals surface area (Å²) in [5.74, 6) is -0.863. The fraction of sp³-hybridized carbons (Fsp3) is 0.632. The fourth-order valence-corrected chi connectivity index (χ4v) is 6.09. The molecule has 1 atom stereocenters. The molecule has 0 aliphatic heterocycles. The number of carbonyl (C=O) groups is 1. The second-order valence-corrected chi connectivity index (χ2v) is 9.53. The maximum Gasteiger partial charge on any atom is 0.310 e. The average molecular weight is 350 g/mol. The maximum absolute atomic E-state index is 12.6. The van der Waals surface area contributed by atoms with Gasteiger partial charge >= 0.3 is 5.97 Å². The zero-order valence-electron chi connectivity index (χ0n) is 14.0. The van der Waals surface area contributed by atoms with E-state index in [1.54, 1.807) is 24.3 Å². The molecule has 2 aliphatic carbocycles. The topological polar surface area (TPSA) is 71.4 Å². The van der Waals surface area contributed by atoms with Crippen LogP contribution in [0, 0.1) is 5.92 Å². The second-order valence-electron chi connectivity index (χ2n) is 7.30. The number of benzene rings is 1. The standard InChI is InChI=1S/C19H26O4S/c20-19(21)18(13-14-5-1-2-6-14)15-9-11-17(12-10-15)24(22,23)16-7-3-4-8-16/h9-12,14,16,18H,1-8,13H2,(H,20,21). The van der Waals surface area contributed by atoms with Crippen molar-refractivity contribution in [3.05, 3.63) is 29.8 Å². The van der Waals surface area contributed by atoms with Gasteiger partial charge in [0, 0.05) is 0 Å². The summed E-state index contributed by atoms with van der Waals surface area (Å²) in [5, 5.41) is 9.30. The summed E-state index contributed by atoms with van der Waals surface area (Å²) in [5.41, 5.74) is 0.722. The van der Waals surface area contributed by atoms with Crippen LogP contribution in [0.1, 0.15) is 69.3 Å². The smallest absolute Gasteiger partial charge is 0.310 e. The Morgan fingerprint density at radius 3 is 2.08 bits per heavy atom. The van der Waals surface area contributed by atoms with Crippen molar-refractivity contribution in [1.29, 1.82) is 0 Å². The molecule has 0 bridgehead atoms. The first-order valence-corrected chi connectivity index (χ1v) is 10.6. The highest BCUT2D eigenvalue weighted by Gasteiger charge is 2.31. The van der Waals surface area contributed by atoms with Gasteiger partial charge in [0.05, 0.1) is 16.1 Å². The largest absolute Gasteiger partial charge is 0.481 e. The second kappa shape index (κ2) is 7.26. The normalized spacial score (nSPS) is 21.2. The number of carboxylic acids is 1. The molecular weight excluding hydrogens is 324 g/mol. The van der Waals surface area contributed by atoms with Gasteiger partial charge in [-0.25, -0.2) is 8.42 Å². The van der Waals surface area contributed by atoms with Crippen molar-refractivity contribution in [3.8, 4) is 0 Å². The molecular formula is C19H26O4S. The molecule has 1 aromatic carbocycles. The van der Waals surface area contributed by atoms with Crippen LogP contribution in [0.25, 0.3) is 0 Å². The molecule has 2 aliphatic rings. The van der Waals surface area contributed by atoms with E-state index in [0.717, 1.165) is 44.1 Å². The third-order valence-corrected chi connectivity index (χ3v) is 7.97. The van der Waals surface area contributed by atoms with Crippen LogP contribution in [0.2, 0.25) is 0 Å². The van der Waals surface area contributed by atoms with Crippen molar-refractivity contribution in [2.45, 2.75) is 73.9 Å². The first kappa shape index (κ1) is 17.5. The zero-order valence-corrected chi connectivity index (χ0v) is 14.8. The molecule has 0 heterocycles. The van der Waals surface area contributed by atoms with E-state index in [1.807, 2.05) is 0 Å². The molecule has 132 valence electrons. The van der Waals surface area contributed by atoms with Crippen LogP contribution in [0.15, 0.2) is 29.2 Å². The molecule has 0 aromatic heterocycles. The van der Waals surface area contributed by atoms with Gasteiger partial charge in [0.1, 0.15) is 0 Å². The average Bonchev–Trinajstić information content (AvgIpc) is 3.26. The third kappa shape index (κ3) is 3.66. The van der Waals surface area contributed by atoms with Crippen molar-refractivity contribution < 1.29 is 18.3 Å². The lowest BCUT2D eigenvalue weighted by atomic mass is 9.88. The molecule has 0 radical (unpaired) electrons. The highest BCUT2D eigenvalue weighted by molar-refractivity contribution is 7.92. The Labute approximate surface area is 144 Å². The lowest BCUT2D eigenvalue weighted by Gasteiger charge is -2.18. The first-order chi connectivity index (χ1) is 11.5. The van der Waals surface area contributed by atoms with Gasteiger partial charge in [-0.05, 0) is 42.9 Å². The van der Waals surface area contributed by atoms with E-state index in [1.165, 1.54) is 12.8 Å². The summed E-state index contributed by atoms with van der Waals surface area (Å²) in [6, 6.07) is 6.62. The molecule has 5 heteroatoms. The van der Waals surface area contributed by atoms with Gasteiger partial charge in [0.15, 0.2) is 9.84 Å². The lowest BCUT2D eigenvalue weighted by Crippen LogP contribution is -2.18. The molecule has 1 unspecified atom stereocenters. The summed E-state index contributed by atoms with van der Waals surface area (Å²) in [4.78, 5) is 12.0. The van der Waals surface area contributed by atoms with E-state index in [9.17, 15) is 18.3 Å². The molecule has 3 rings (SSSR count). The number of rotatable bonds is 6. The Hall–Kier alpha value is -1.36. The molecule has 0 amide bonds. The Morgan fingerprint density at radius 2 is 1.54 bits per heavy atom. The quantitative estimate of drug-likeness (QED) is 0.836. The van der Waals surface area contributed by atoms with Crippen LogP contribution in [-0.4, -0.2) is 24.7 Å². The number of aliphatic carboxylic acids is 1. The summed E-state index contributed by atoms with van der Waals surface area (Å²) in [6.45, 7) is 0. The Morgan fingerprint density at radius 1 is 1.00 bits per heavy atom. The summed E-state index contributed by atoms with van der Waals surface area (Å²) >= 11 is 0. The van der Waals surface area contributed by atoms with Gasteiger partial charge in [-0.2, -0.15) is 0 Å². The first-order valence-electron chi connectivity index (χ1n) is 9.05. The zero-order chi connectivity index (χ0) is 17.2. The highest BCUT2D eigenvalue weighted by Crippen LogP contribution is 2.35. The van der Waals surface area contributed by atoms with Crippen LogP contribution in [-0.2, 0) is 14.6 Å². The van der Waals surface area contributed by atoms with Crippen LogP contribution < -0.4 is 0 Å². The Kier molecular flexibility index (Phi) is 5.28. The van der Waals surface area contributed by atoms with E-state index in [0.29, 0.717) is 17.2 Å². The fourth-order valence-electron chi connectivity index (χ4n) is 4.24. The van der Waals surface area contributed by atoms with Gasteiger partial charge in [-0.15, -0.1) is 0 Å². The van der Waals surface area contributed by atoms with Crippen molar-refractivity contribution >= 4 is 15.8 Å². The SMILES string of the molecule is O=C(O)C(CC1CCCC1)c1ccc(S(=O)(=O)C2CCCC2)cc1. The molecule has 2 saturated carbocycles. The molecule has 0 saturated heterocycles. The van der Waals surface area contributed by atoms with E-state index in [2.05, 4.69) is 0 Å². The summed E-state index contributed by atoms with van der Waals surface area (Å²) in [7, 11) is -3.27. The van der Waals surface area contributed by atoms with E-state index in [4.69, 9.17) is 0 Å². The van der Waals surface area contributed by atoms with Crippen LogP contribution in [0.4, 0.5) is 0 Å². The third-order valence-electron chi connectivity index (χ3n) is 5.69. The van der Waals surface area contributed by atoms with Crippen molar-refractivity contribution in [3.63, 3.8) is 0 Å². The minimum Gasteiger partial charge on any atom is -0.481 e. The Bertz CT molecular complexity index is 666. The summed E-state index contributed by atoms with van der Waals surface area (Å²) < 4.78 is 25.2. The molecule has 24 heavy (non-hydrogen) atoms. The minimum absolute atomic E-state index is 0.267. The predicted octanol–water partition coefficient (Wildman–Crippen LogP) is 4.15.